The van der Waals surface area contributed by atoms with Crippen molar-refractivity contribution in [2.75, 3.05) is 0 Å². The Balaban J connectivity index is 1.93. The minimum atomic E-state index is 0.712. The summed E-state index contributed by atoms with van der Waals surface area (Å²) < 4.78 is 5.79. The van der Waals surface area contributed by atoms with E-state index in [0.717, 1.165) is 33.6 Å². The molecule has 1 aromatic carbocycles. The van der Waals surface area contributed by atoms with Gasteiger partial charge in [0, 0.05) is 11.1 Å². The van der Waals surface area contributed by atoms with E-state index in [9.17, 15) is 0 Å². The Hall–Kier alpha value is -2.62. The van der Waals surface area contributed by atoms with Crippen molar-refractivity contribution in [2.24, 2.45) is 0 Å². The molecule has 0 amide bonds. The quantitative estimate of drug-likeness (QED) is 0.560. The fraction of sp³-hybridized carbons (Fsp3) is 0.0667. The topological polar surface area (TPSA) is 54.7 Å². The van der Waals surface area contributed by atoms with Gasteiger partial charge in [-0.1, -0.05) is 18.2 Å². The number of imidazole rings is 1. The molecule has 0 aliphatic carbocycles. The summed E-state index contributed by atoms with van der Waals surface area (Å²) in [5, 5.41) is 1.07. The smallest absolute Gasteiger partial charge is 0.178 e. The lowest BCUT2D eigenvalue weighted by Crippen LogP contribution is -1.80. The number of fused-ring (bicyclic) bond motifs is 2. The predicted molar refractivity (Wildman–Crippen MR) is 73.8 cm³/mol. The van der Waals surface area contributed by atoms with E-state index in [2.05, 4.69) is 15.0 Å². The van der Waals surface area contributed by atoms with Gasteiger partial charge in [0.25, 0.3) is 0 Å². The molecule has 92 valence electrons. The molecular formula is C15H11N3O. The number of pyridine rings is 1. The highest BCUT2D eigenvalue weighted by atomic mass is 16.3. The molecule has 4 aromatic rings. The van der Waals surface area contributed by atoms with E-state index in [-0.39, 0.29) is 0 Å². The molecule has 0 saturated carbocycles. The molecule has 4 nitrogen and oxygen atoms in total. The number of nitrogens with one attached hydrogen (secondary N) is 1. The monoisotopic (exact) mass is 249 g/mol. The number of hydrogen-bond donors (Lipinski definition) is 1. The zero-order valence-corrected chi connectivity index (χ0v) is 10.3. The maximum absolute atomic E-state index is 5.79. The molecule has 0 aliphatic heterocycles. The van der Waals surface area contributed by atoms with Crippen LogP contribution in [0.3, 0.4) is 0 Å². The molecule has 19 heavy (non-hydrogen) atoms. The van der Waals surface area contributed by atoms with Gasteiger partial charge in [-0.15, -0.1) is 0 Å². The van der Waals surface area contributed by atoms with Crippen LogP contribution in [0.4, 0.5) is 0 Å². The molecule has 0 fully saturated rings. The van der Waals surface area contributed by atoms with Gasteiger partial charge in [-0.3, -0.25) is 0 Å². The summed E-state index contributed by atoms with van der Waals surface area (Å²) in [5.41, 5.74) is 3.45. The number of aryl methyl sites for hydroxylation is 1. The lowest BCUT2D eigenvalue weighted by Gasteiger charge is -1.88. The molecule has 0 unspecified atom stereocenters. The minimum absolute atomic E-state index is 0.712. The maximum Gasteiger partial charge on any atom is 0.178 e. The van der Waals surface area contributed by atoms with E-state index in [1.807, 2.05) is 49.4 Å². The number of aromatic amines is 1. The molecule has 0 bridgehead atoms. The first kappa shape index (κ1) is 10.3. The van der Waals surface area contributed by atoms with Gasteiger partial charge >= 0.3 is 0 Å². The zero-order chi connectivity index (χ0) is 12.8. The van der Waals surface area contributed by atoms with Gasteiger partial charge in [-0.2, -0.15) is 0 Å². The molecule has 0 saturated heterocycles. The number of para-hydroxylation sites is 1. The molecule has 0 spiro atoms. The predicted octanol–water partition coefficient (Wildman–Crippen LogP) is 3.68. The number of furan rings is 1. The highest BCUT2D eigenvalue weighted by molar-refractivity contribution is 5.83. The molecule has 0 aliphatic rings. The van der Waals surface area contributed by atoms with E-state index < -0.39 is 0 Å². The van der Waals surface area contributed by atoms with Crippen LogP contribution in [0.15, 0.2) is 46.9 Å². The third-order valence-electron chi connectivity index (χ3n) is 3.14. The van der Waals surface area contributed by atoms with Crippen molar-refractivity contribution in [3.05, 3.63) is 48.2 Å². The second-order valence-electron chi connectivity index (χ2n) is 4.56. The van der Waals surface area contributed by atoms with Crippen LogP contribution in [0.25, 0.3) is 33.7 Å². The van der Waals surface area contributed by atoms with Crippen LogP contribution in [-0.4, -0.2) is 15.0 Å². The van der Waals surface area contributed by atoms with E-state index in [1.165, 1.54) is 0 Å². The highest BCUT2D eigenvalue weighted by Crippen LogP contribution is 2.26. The van der Waals surface area contributed by atoms with Crippen molar-refractivity contribution >= 4 is 22.1 Å². The van der Waals surface area contributed by atoms with Crippen LogP contribution in [-0.2, 0) is 0 Å². The number of hydrogen-bond acceptors (Lipinski definition) is 3. The number of H-pyrrole nitrogens is 1. The third-order valence-corrected chi connectivity index (χ3v) is 3.14. The standard InChI is InChI=1S/C15H11N3O/c1-9-6-7-11-14(16-9)18-15(17-11)13-8-10-4-2-3-5-12(10)19-13/h2-8H,1H3,(H,16,17,18). The van der Waals surface area contributed by atoms with Gasteiger partial charge in [0.05, 0.1) is 5.52 Å². The Morgan fingerprint density at radius 3 is 2.84 bits per heavy atom. The van der Waals surface area contributed by atoms with Gasteiger partial charge in [0.2, 0.25) is 0 Å². The second kappa shape index (κ2) is 3.68. The number of benzene rings is 1. The van der Waals surface area contributed by atoms with Crippen molar-refractivity contribution < 1.29 is 4.42 Å². The van der Waals surface area contributed by atoms with Crippen LogP contribution in [0.5, 0.6) is 0 Å². The largest absolute Gasteiger partial charge is 0.453 e. The maximum atomic E-state index is 5.79. The van der Waals surface area contributed by atoms with E-state index in [0.29, 0.717) is 5.82 Å². The molecule has 4 rings (SSSR count). The Kier molecular flexibility index (Phi) is 2.00. The summed E-state index contributed by atoms with van der Waals surface area (Å²) in [5.74, 6) is 1.45. The number of nitrogens with zero attached hydrogens (tertiary/aromatic N) is 2. The lowest BCUT2D eigenvalue weighted by atomic mass is 10.2. The fourth-order valence-corrected chi connectivity index (χ4v) is 2.20. The van der Waals surface area contributed by atoms with Gasteiger partial charge < -0.3 is 9.40 Å². The third kappa shape index (κ3) is 1.61. The van der Waals surface area contributed by atoms with Crippen molar-refractivity contribution in [1.82, 2.24) is 15.0 Å². The first-order valence-electron chi connectivity index (χ1n) is 6.12. The van der Waals surface area contributed by atoms with E-state index in [4.69, 9.17) is 4.42 Å². The zero-order valence-electron chi connectivity index (χ0n) is 10.3. The molecule has 4 heteroatoms. The van der Waals surface area contributed by atoms with Crippen molar-refractivity contribution in [1.29, 1.82) is 0 Å². The van der Waals surface area contributed by atoms with Crippen molar-refractivity contribution in [3.8, 4) is 11.6 Å². The Bertz CT molecular complexity index is 856. The summed E-state index contributed by atoms with van der Waals surface area (Å²) in [6.07, 6.45) is 0. The highest BCUT2D eigenvalue weighted by Gasteiger charge is 2.11. The van der Waals surface area contributed by atoms with Gasteiger partial charge in [0.1, 0.15) is 5.58 Å². The van der Waals surface area contributed by atoms with Gasteiger partial charge in [-0.25, -0.2) is 9.97 Å². The summed E-state index contributed by atoms with van der Waals surface area (Å²) in [7, 11) is 0. The Labute approximate surface area is 109 Å². The number of aromatic nitrogens is 3. The lowest BCUT2D eigenvalue weighted by molar-refractivity contribution is 0.626. The molecule has 3 heterocycles. The van der Waals surface area contributed by atoms with Crippen molar-refractivity contribution in [3.63, 3.8) is 0 Å². The summed E-state index contributed by atoms with van der Waals surface area (Å²) >= 11 is 0. The SMILES string of the molecule is Cc1ccc2[nH]c(-c3cc4ccccc4o3)nc2n1. The first-order chi connectivity index (χ1) is 9.29. The normalized spacial score (nSPS) is 11.4. The first-order valence-corrected chi connectivity index (χ1v) is 6.12. The number of rotatable bonds is 1. The molecule has 0 atom stereocenters. The Morgan fingerprint density at radius 1 is 1.05 bits per heavy atom. The summed E-state index contributed by atoms with van der Waals surface area (Å²) in [4.78, 5) is 12.1. The average Bonchev–Trinajstić information content (AvgIpc) is 3.00. The molecule has 0 radical (unpaired) electrons. The fourth-order valence-electron chi connectivity index (χ4n) is 2.20. The van der Waals surface area contributed by atoms with Gasteiger partial charge in [0.15, 0.2) is 17.2 Å². The van der Waals surface area contributed by atoms with E-state index in [1.54, 1.807) is 0 Å². The minimum Gasteiger partial charge on any atom is -0.453 e. The Morgan fingerprint density at radius 2 is 1.95 bits per heavy atom. The average molecular weight is 249 g/mol. The second-order valence-corrected chi connectivity index (χ2v) is 4.56. The van der Waals surface area contributed by atoms with Crippen LogP contribution in [0.2, 0.25) is 0 Å². The van der Waals surface area contributed by atoms with Crippen LogP contribution >= 0.6 is 0 Å². The van der Waals surface area contributed by atoms with Crippen LogP contribution in [0.1, 0.15) is 5.69 Å². The van der Waals surface area contributed by atoms with E-state index >= 15 is 0 Å². The molecular weight excluding hydrogens is 238 g/mol. The van der Waals surface area contributed by atoms with Crippen LogP contribution < -0.4 is 0 Å². The van der Waals surface area contributed by atoms with Crippen molar-refractivity contribution in [2.45, 2.75) is 6.92 Å². The summed E-state index contributed by atoms with van der Waals surface area (Å²) in [6, 6.07) is 13.8. The molecule has 3 aromatic heterocycles. The van der Waals surface area contributed by atoms with Gasteiger partial charge in [-0.05, 0) is 31.2 Å². The molecule has 1 N–H and O–H groups in total. The van der Waals surface area contributed by atoms with Crippen LogP contribution in [0, 0.1) is 6.92 Å². The summed E-state index contributed by atoms with van der Waals surface area (Å²) in [6.45, 7) is 1.95.